The lowest BCUT2D eigenvalue weighted by Gasteiger charge is -2.00. The summed E-state index contributed by atoms with van der Waals surface area (Å²) in [7, 11) is 0. The SMILES string of the molecule is O=C(O)CC(=O)Oc1ccc([N+](=O)[O-])cn1. The van der Waals surface area contributed by atoms with Crippen molar-refractivity contribution < 1.29 is 24.4 Å². The molecule has 0 bridgehead atoms. The number of aliphatic carboxylic acids is 1. The third-order valence-electron chi connectivity index (χ3n) is 1.45. The molecule has 8 heteroatoms. The summed E-state index contributed by atoms with van der Waals surface area (Å²) in [5, 5.41) is 18.5. The smallest absolute Gasteiger partial charge is 0.323 e. The molecule has 0 spiro atoms. The summed E-state index contributed by atoms with van der Waals surface area (Å²) in [5.41, 5.74) is -0.252. The number of carbonyl (C=O) groups excluding carboxylic acids is 1. The van der Waals surface area contributed by atoms with E-state index in [-0.39, 0.29) is 11.6 Å². The first-order chi connectivity index (χ1) is 7.49. The summed E-state index contributed by atoms with van der Waals surface area (Å²) >= 11 is 0. The molecule has 0 aliphatic rings. The molecule has 0 saturated carbocycles. The number of nitro groups is 1. The van der Waals surface area contributed by atoms with Gasteiger partial charge in [-0.2, -0.15) is 0 Å². The van der Waals surface area contributed by atoms with Crippen LogP contribution in [0, 0.1) is 10.1 Å². The van der Waals surface area contributed by atoms with Crippen LogP contribution in [0.3, 0.4) is 0 Å². The van der Waals surface area contributed by atoms with Crippen LogP contribution in [0.15, 0.2) is 18.3 Å². The van der Waals surface area contributed by atoms with E-state index in [1.165, 1.54) is 0 Å². The summed E-state index contributed by atoms with van der Waals surface area (Å²) in [5.74, 6) is -2.50. The number of nitrogens with zero attached hydrogens (tertiary/aromatic N) is 2. The lowest BCUT2D eigenvalue weighted by molar-refractivity contribution is -0.385. The third-order valence-corrected chi connectivity index (χ3v) is 1.45. The molecule has 0 fully saturated rings. The van der Waals surface area contributed by atoms with Crippen molar-refractivity contribution >= 4 is 17.6 Å². The highest BCUT2D eigenvalue weighted by Crippen LogP contribution is 2.13. The van der Waals surface area contributed by atoms with Crippen molar-refractivity contribution in [2.45, 2.75) is 6.42 Å². The zero-order valence-corrected chi connectivity index (χ0v) is 7.82. The zero-order chi connectivity index (χ0) is 12.1. The molecule has 0 saturated heterocycles. The predicted octanol–water partition coefficient (Wildman–Crippen LogP) is 0.370. The maximum absolute atomic E-state index is 10.9. The summed E-state index contributed by atoms with van der Waals surface area (Å²) in [6.07, 6.45) is 0.113. The number of esters is 1. The van der Waals surface area contributed by atoms with Crippen LogP contribution in [-0.2, 0) is 9.59 Å². The van der Waals surface area contributed by atoms with Gasteiger partial charge in [-0.1, -0.05) is 0 Å². The minimum Gasteiger partial charge on any atom is -0.481 e. The number of ether oxygens (including phenoxy) is 1. The maximum Gasteiger partial charge on any atom is 0.323 e. The topological polar surface area (TPSA) is 120 Å². The number of carboxylic acids is 1. The van der Waals surface area contributed by atoms with Crippen molar-refractivity contribution in [1.82, 2.24) is 4.98 Å². The quantitative estimate of drug-likeness (QED) is 0.340. The highest BCUT2D eigenvalue weighted by Gasteiger charge is 2.12. The van der Waals surface area contributed by atoms with Crippen LogP contribution in [0.5, 0.6) is 5.88 Å². The van der Waals surface area contributed by atoms with Crippen molar-refractivity contribution in [1.29, 1.82) is 0 Å². The van der Waals surface area contributed by atoms with Gasteiger partial charge in [0, 0.05) is 12.1 Å². The molecule has 84 valence electrons. The van der Waals surface area contributed by atoms with Crippen molar-refractivity contribution in [3.63, 3.8) is 0 Å². The van der Waals surface area contributed by atoms with E-state index in [9.17, 15) is 19.7 Å². The Balaban J connectivity index is 2.65. The second-order valence-electron chi connectivity index (χ2n) is 2.66. The van der Waals surface area contributed by atoms with E-state index in [2.05, 4.69) is 9.72 Å². The van der Waals surface area contributed by atoms with Gasteiger partial charge in [-0.05, 0) is 0 Å². The first-order valence-corrected chi connectivity index (χ1v) is 4.02. The normalized spacial score (nSPS) is 9.50. The zero-order valence-electron chi connectivity index (χ0n) is 7.82. The summed E-state index contributed by atoms with van der Waals surface area (Å²) < 4.78 is 4.51. The first kappa shape index (κ1) is 11.6. The Kier molecular flexibility index (Phi) is 3.49. The Bertz CT molecular complexity index is 427. The number of hydrogen-bond acceptors (Lipinski definition) is 6. The molecule has 0 aliphatic heterocycles. The second kappa shape index (κ2) is 4.82. The number of aromatic nitrogens is 1. The Morgan fingerprint density at radius 2 is 2.19 bits per heavy atom. The van der Waals surface area contributed by atoms with Crippen LogP contribution < -0.4 is 4.74 Å². The van der Waals surface area contributed by atoms with Crippen LogP contribution in [0.2, 0.25) is 0 Å². The predicted molar refractivity (Wildman–Crippen MR) is 48.8 cm³/mol. The summed E-state index contributed by atoms with van der Waals surface area (Å²) in [6, 6.07) is 2.20. The van der Waals surface area contributed by atoms with Crippen molar-refractivity contribution in [3.05, 3.63) is 28.4 Å². The van der Waals surface area contributed by atoms with Crippen molar-refractivity contribution in [2.75, 3.05) is 0 Å². The maximum atomic E-state index is 10.9. The molecule has 1 heterocycles. The van der Waals surface area contributed by atoms with Crippen molar-refractivity contribution in [2.24, 2.45) is 0 Å². The highest BCUT2D eigenvalue weighted by atomic mass is 16.6. The molecule has 0 unspecified atom stereocenters. The largest absolute Gasteiger partial charge is 0.481 e. The van der Waals surface area contributed by atoms with Gasteiger partial charge < -0.3 is 9.84 Å². The van der Waals surface area contributed by atoms with E-state index in [1.807, 2.05) is 0 Å². The van der Waals surface area contributed by atoms with Crippen LogP contribution in [0.1, 0.15) is 6.42 Å². The molecule has 0 amide bonds. The minimum atomic E-state index is -1.33. The molecule has 0 aliphatic carbocycles. The standard InChI is InChI=1S/C8H6N2O6/c11-7(12)3-8(13)16-6-2-1-5(4-9-6)10(14)15/h1-2,4H,3H2,(H,11,12). The van der Waals surface area contributed by atoms with Gasteiger partial charge in [0.1, 0.15) is 12.6 Å². The molecule has 1 N–H and O–H groups in total. The van der Waals surface area contributed by atoms with Gasteiger partial charge in [-0.3, -0.25) is 19.7 Å². The molecule has 1 rings (SSSR count). The van der Waals surface area contributed by atoms with Crippen LogP contribution in [0.4, 0.5) is 5.69 Å². The fraction of sp³-hybridized carbons (Fsp3) is 0.125. The molecule has 1 aromatic rings. The molecule has 0 atom stereocenters. The Labute approximate surface area is 88.6 Å². The molecular formula is C8H6N2O6. The third kappa shape index (κ3) is 3.33. The number of hydrogen-bond donors (Lipinski definition) is 1. The molecule has 16 heavy (non-hydrogen) atoms. The fourth-order valence-electron chi connectivity index (χ4n) is 0.817. The average molecular weight is 226 g/mol. The van der Waals surface area contributed by atoms with Crippen LogP contribution in [0.25, 0.3) is 0 Å². The van der Waals surface area contributed by atoms with E-state index >= 15 is 0 Å². The number of rotatable bonds is 4. The lowest BCUT2D eigenvalue weighted by Crippen LogP contribution is -2.13. The Morgan fingerprint density at radius 1 is 1.50 bits per heavy atom. The lowest BCUT2D eigenvalue weighted by atomic mass is 10.4. The molecule has 0 radical (unpaired) electrons. The number of carbonyl (C=O) groups is 2. The van der Waals surface area contributed by atoms with Gasteiger partial charge in [-0.25, -0.2) is 4.98 Å². The van der Waals surface area contributed by atoms with Gasteiger partial charge in [-0.15, -0.1) is 0 Å². The first-order valence-electron chi connectivity index (χ1n) is 4.02. The summed E-state index contributed by atoms with van der Waals surface area (Å²) in [4.78, 5) is 34.1. The Hall–Kier alpha value is -2.51. The Morgan fingerprint density at radius 3 is 2.62 bits per heavy atom. The van der Waals surface area contributed by atoms with Gasteiger partial charge in [0.2, 0.25) is 5.88 Å². The van der Waals surface area contributed by atoms with E-state index in [0.29, 0.717) is 0 Å². The van der Waals surface area contributed by atoms with E-state index in [1.54, 1.807) is 0 Å². The molecule has 0 aromatic carbocycles. The minimum absolute atomic E-state index is 0.183. The average Bonchev–Trinajstić information content (AvgIpc) is 2.16. The summed E-state index contributed by atoms with van der Waals surface area (Å²) in [6.45, 7) is 0. The van der Waals surface area contributed by atoms with Crippen LogP contribution >= 0.6 is 0 Å². The highest BCUT2D eigenvalue weighted by molar-refractivity contribution is 5.91. The van der Waals surface area contributed by atoms with Gasteiger partial charge in [0.15, 0.2) is 0 Å². The molecule has 1 aromatic heterocycles. The van der Waals surface area contributed by atoms with Gasteiger partial charge in [0.25, 0.3) is 5.69 Å². The molecule has 8 nitrogen and oxygen atoms in total. The van der Waals surface area contributed by atoms with E-state index in [0.717, 1.165) is 18.3 Å². The van der Waals surface area contributed by atoms with Gasteiger partial charge in [0.05, 0.1) is 4.92 Å². The van der Waals surface area contributed by atoms with Crippen molar-refractivity contribution in [3.8, 4) is 5.88 Å². The van der Waals surface area contributed by atoms with E-state index < -0.39 is 23.3 Å². The fourth-order valence-corrected chi connectivity index (χ4v) is 0.817. The van der Waals surface area contributed by atoms with Crippen LogP contribution in [-0.4, -0.2) is 27.0 Å². The second-order valence-corrected chi connectivity index (χ2v) is 2.66. The number of carboxylic acid groups (broad SMARTS) is 1. The number of pyridine rings is 1. The monoisotopic (exact) mass is 226 g/mol. The van der Waals surface area contributed by atoms with E-state index in [4.69, 9.17) is 5.11 Å². The molecular weight excluding hydrogens is 220 g/mol. The van der Waals surface area contributed by atoms with Gasteiger partial charge >= 0.3 is 11.9 Å².